The van der Waals surface area contributed by atoms with E-state index in [0.717, 1.165) is 13.2 Å². The number of rotatable bonds is 2. The van der Waals surface area contributed by atoms with Crippen LogP contribution in [0, 0.1) is 0 Å². The van der Waals surface area contributed by atoms with Crippen molar-refractivity contribution in [3.8, 4) is 0 Å². The van der Waals surface area contributed by atoms with Gasteiger partial charge in [0.25, 0.3) is 0 Å². The van der Waals surface area contributed by atoms with Gasteiger partial charge in [0.05, 0.1) is 13.2 Å². The largest absolute Gasteiger partial charge is 0.379 e. The maximum absolute atomic E-state index is 5.44. The standard InChI is InChI=1S/C10H14NOP/c13-11-10-7-12-6-9(10)8-4-2-1-3-5-8/h1-5,9-11H,6-7,13H2/t9-,10-/m1/s1. The fraction of sp³-hybridized carbons (Fsp3) is 0.400. The summed E-state index contributed by atoms with van der Waals surface area (Å²) in [5, 5.41) is 3.20. The molecule has 1 aromatic carbocycles. The van der Waals surface area contributed by atoms with Crippen molar-refractivity contribution in [2.45, 2.75) is 12.0 Å². The SMILES string of the molecule is PN[C@@H]1COC[C@@H]1c1ccccc1. The van der Waals surface area contributed by atoms with Gasteiger partial charge in [0, 0.05) is 12.0 Å². The fourth-order valence-electron chi connectivity index (χ4n) is 1.75. The van der Waals surface area contributed by atoms with E-state index in [-0.39, 0.29) is 0 Å². The lowest BCUT2D eigenvalue weighted by Gasteiger charge is -2.16. The lowest BCUT2D eigenvalue weighted by atomic mass is 9.95. The molecule has 1 aromatic rings. The van der Waals surface area contributed by atoms with Crippen LogP contribution >= 0.6 is 9.39 Å². The molecule has 1 unspecified atom stereocenters. The van der Waals surface area contributed by atoms with Gasteiger partial charge >= 0.3 is 0 Å². The first-order valence-electron chi connectivity index (χ1n) is 4.50. The molecule has 70 valence electrons. The number of benzene rings is 1. The second-order valence-corrected chi connectivity index (χ2v) is 3.66. The summed E-state index contributed by atoms with van der Waals surface area (Å²) in [6, 6.07) is 11.0. The fourth-order valence-corrected chi connectivity index (χ4v) is 2.08. The molecule has 2 nitrogen and oxygen atoms in total. The first kappa shape index (κ1) is 9.14. The molecular weight excluding hydrogens is 181 g/mol. The molecule has 13 heavy (non-hydrogen) atoms. The molecule has 0 aromatic heterocycles. The third-order valence-electron chi connectivity index (χ3n) is 2.52. The van der Waals surface area contributed by atoms with Gasteiger partial charge in [0.15, 0.2) is 0 Å². The van der Waals surface area contributed by atoms with E-state index in [4.69, 9.17) is 4.74 Å². The molecule has 2 rings (SSSR count). The van der Waals surface area contributed by atoms with E-state index >= 15 is 0 Å². The third kappa shape index (κ3) is 1.91. The molecule has 1 fully saturated rings. The molecule has 1 N–H and O–H groups in total. The summed E-state index contributed by atoms with van der Waals surface area (Å²) in [6.07, 6.45) is 0. The second kappa shape index (κ2) is 4.19. The molecule has 0 bridgehead atoms. The van der Waals surface area contributed by atoms with Crippen molar-refractivity contribution in [3.05, 3.63) is 35.9 Å². The van der Waals surface area contributed by atoms with E-state index in [9.17, 15) is 0 Å². The van der Waals surface area contributed by atoms with Crippen molar-refractivity contribution in [1.29, 1.82) is 0 Å². The van der Waals surface area contributed by atoms with Crippen molar-refractivity contribution in [2.24, 2.45) is 0 Å². The Balaban J connectivity index is 2.16. The Morgan fingerprint density at radius 3 is 2.69 bits per heavy atom. The summed E-state index contributed by atoms with van der Waals surface area (Å²) in [5.74, 6) is 0.499. The highest BCUT2D eigenvalue weighted by Crippen LogP contribution is 2.25. The van der Waals surface area contributed by atoms with E-state index in [2.05, 4.69) is 38.7 Å². The van der Waals surface area contributed by atoms with Gasteiger partial charge in [-0.25, -0.2) is 0 Å². The van der Waals surface area contributed by atoms with Crippen LogP contribution in [0.5, 0.6) is 0 Å². The highest BCUT2D eigenvalue weighted by molar-refractivity contribution is 7.13. The van der Waals surface area contributed by atoms with Crippen molar-refractivity contribution >= 4 is 9.39 Å². The second-order valence-electron chi connectivity index (χ2n) is 3.33. The molecule has 1 heterocycles. The van der Waals surface area contributed by atoms with Crippen molar-refractivity contribution in [2.75, 3.05) is 13.2 Å². The minimum Gasteiger partial charge on any atom is -0.379 e. The predicted molar refractivity (Wildman–Crippen MR) is 56.6 cm³/mol. The summed E-state index contributed by atoms with van der Waals surface area (Å²) in [4.78, 5) is 0. The van der Waals surface area contributed by atoms with Crippen LogP contribution in [0.4, 0.5) is 0 Å². The van der Waals surface area contributed by atoms with Gasteiger partial charge in [0.2, 0.25) is 0 Å². The minimum absolute atomic E-state index is 0.437. The molecule has 0 radical (unpaired) electrons. The van der Waals surface area contributed by atoms with E-state index in [0.29, 0.717) is 12.0 Å². The monoisotopic (exact) mass is 195 g/mol. The zero-order valence-corrected chi connectivity index (χ0v) is 8.60. The normalized spacial score (nSPS) is 27.8. The Kier molecular flexibility index (Phi) is 2.94. The molecular formula is C10H14NOP. The summed E-state index contributed by atoms with van der Waals surface area (Å²) >= 11 is 0. The molecule has 1 aliphatic heterocycles. The molecule has 0 amide bonds. The first-order valence-corrected chi connectivity index (χ1v) is 5.08. The van der Waals surface area contributed by atoms with Gasteiger partial charge in [-0.3, -0.25) is 5.09 Å². The number of nitrogens with one attached hydrogen (secondary N) is 1. The maximum atomic E-state index is 5.44. The predicted octanol–water partition coefficient (Wildman–Crippen LogP) is 1.55. The molecule has 3 heteroatoms. The van der Waals surface area contributed by atoms with Crippen LogP contribution in [0.3, 0.4) is 0 Å². The van der Waals surface area contributed by atoms with Crippen LogP contribution in [0.2, 0.25) is 0 Å². The summed E-state index contributed by atoms with van der Waals surface area (Å²) in [6.45, 7) is 1.64. The van der Waals surface area contributed by atoms with Crippen LogP contribution in [0.15, 0.2) is 30.3 Å². The number of hydrogen-bond acceptors (Lipinski definition) is 2. The van der Waals surface area contributed by atoms with E-state index in [1.54, 1.807) is 0 Å². The summed E-state index contributed by atoms with van der Waals surface area (Å²) in [7, 11) is 2.57. The molecule has 0 aliphatic carbocycles. The van der Waals surface area contributed by atoms with Gasteiger partial charge in [0.1, 0.15) is 0 Å². The summed E-state index contributed by atoms with van der Waals surface area (Å²) in [5.41, 5.74) is 1.36. The van der Waals surface area contributed by atoms with E-state index < -0.39 is 0 Å². The molecule has 0 saturated carbocycles. The Labute approximate surface area is 80.9 Å². The number of hydrogen-bond donors (Lipinski definition) is 1. The van der Waals surface area contributed by atoms with E-state index in [1.807, 2.05) is 6.07 Å². The lowest BCUT2D eigenvalue weighted by Crippen LogP contribution is -2.26. The minimum atomic E-state index is 0.437. The van der Waals surface area contributed by atoms with Crippen LogP contribution < -0.4 is 5.09 Å². The topological polar surface area (TPSA) is 21.3 Å². The van der Waals surface area contributed by atoms with Gasteiger partial charge in [-0.05, 0) is 5.56 Å². The van der Waals surface area contributed by atoms with Gasteiger partial charge < -0.3 is 4.74 Å². The van der Waals surface area contributed by atoms with Crippen LogP contribution in [-0.2, 0) is 4.74 Å². The average Bonchev–Trinajstić information content (AvgIpc) is 2.67. The van der Waals surface area contributed by atoms with Crippen molar-refractivity contribution in [3.63, 3.8) is 0 Å². The molecule has 0 spiro atoms. The van der Waals surface area contributed by atoms with Crippen LogP contribution in [0.1, 0.15) is 11.5 Å². The van der Waals surface area contributed by atoms with E-state index in [1.165, 1.54) is 5.56 Å². The molecule has 1 aliphatic rings. The highest BCUT2D eigenvalue weighted by Gasteiger charge is 2.27. The average molecular weight is 195 g/mol. The summed E-state index contributed by atoms with van der Waals surface area (Å²) < 4.78 is 5.44. The number of ether oxygens (including phenoxy) is 1. The highest BCUT2D eigenvalue weighted by atomic mass is 31.0. The lowest BCUT2D eigenvalue weighted by molar-refractivity contribution is 0.190. The van der Waals surface area contributed by atoms with Crippen LogP contribution in [-0.4, -0.2) is 19.3 Å². The van der Waals surface area contributed by atoms with Crippen LogP contribution in [0.25, 0.3) is 0 Å². The molecule has 3 atom stereocenters. The Morgan fingerprint density at radius 2 is 2.00 bits per heavy atom. The Morgan fingerprint density at radius 1 is 1.23 bits per heavy atom. The van der Waals surface area contributed by atoms with Gasteiger partial charge in [-0.15, -0.1) is 0 Å². The van der Waals surface area contributed by atoms with Crippen molar-refractivity contribution < 1.29 is 4.74 Å². The zero-order valence-electron chi connectivity index (χ0n) is 7.44. The Hall–Kier alpha value is -0.430. The maximum Gasteiger partial charge on any atom is 0.0629 e. The Bertz CT molecular complexity index is 265. The smallest absolute Gasteiger partial charge is 0.0629 e. The zero-order chi connectivity index (χ0) is 9.10. The first-order chi connectivity index (χ1) is 6.42. The van der Waals surface area contributed by atoms with Gasteiger partial charge in [-0.2, -0.15) is 0 Å². The quantitative estimate of drug-likeness (QED) is 0.723. The third-order valence-corrected chi connectivity index (χ3v) is 2.95. The molecule has 1 saturated heterocycles. The van der Waals surface area contributed by atoms with Gasteiger partial charge in [-0.1, -0.05) is 39.7 Å². The van der Waals surface area contributed by atoms with Crippen molar-refractivity contribution in [1.82, 2.24) is 5.09 Å².